The van der Waals surface area contributed by atoms with Crippen molar-refractivity contribution in [3.63, 3.8) is 0 Å². The Bertz CT molecular complexity index is 131. The summed E-state index contributed by atoms with van der Waals surface area (Å²) in [4.78, 5) is 0. The average Bonchev–Trinajstić information content (AvgIpc) is 1.78. The van der Waals surface area contributed by atoms with E-state index < -0.39 is 0 Å². The first-order chi connectivity index (χ1) is 4.56. The first-order valence-corrected chi connectivity index (χ1v) is 3.60. The highest BCUT2D eigenvalue weighted by Crippen LogP contribution is 2.06. The third-order valence-corrected chi connectivity index (χ3v) is 0.939. The quantitative estimate of drug-likeness (QED) is 0.422. The Morgan fingerprint density at radius 1 is 1.30 bits per heavy atom. The molecule has 1 nitrogen and oxygen atoms in total. The van der Waals surface area contributed by atoms with Crippen LogP contribution >= 0.6 is 0 Å². The van der Waals surface area contributed by atoms with Gasteiger partial charge in [-0.3, -0.25) is 0 Å². The first kappa shape index (κ1) is 9.52. The van der Waals surface area contributed by atoms with Crippen LogP contribution in [0.3, 0.4) is 0 Å². The van der Waals surface area contributed by atoms with Crippen molar-refractivity contribution >= 4 is 0 Å². The Morgan fingerprint density at radius 2 is 1.90 bits per heavy atom. The fourth-order valence-corrected chi connectivity index (χ4v) is 0.533. The average molecular weight is 140 g/mol. The molecule has 0 aliphatic rings. The summed E-state index contributed by atoms with van der Waals surface area (Å²) in [5.74, 6) is 5.77. The molecule has 0 aromatic rings. The molecular weight excluding hydrogens is 124 g/mol. The second kappa shape index (κ2) is 4.35. The van der Waals surface area contributed by atoms with Crippen molar-refractivity contribution in [3.05, 3.63) is 0 Å². The van der Waals surface area contributed by atoms with Gasteiger partial charge < -0.3 is 4.74 Å². The molecule has 0 atom stereocenters. The Kier molecular flexibility index (Phi) is 4.14. The summed E-state index contributed by atoms with van der Waals surface area (Å²) < 4.78 is 5.43. The fraction of sp³-hybridized carbons (Fsp3) is 0.778. The molecule has 0 unspecified atom stereocenters. The maximum Gasteiger partial charge on any atom is 0.0598 e. The van der Waals surface area contributed by atoms with Gasteiger partial charge in [-0.1, -0.05) is 0 Å². The molecule has 0 saturated heterocycles. The van der Waals surface area contributed by atoms with Crippen LogP contribution in [0.1, 0.15) is 34.1 Å². The van der Waals surface area contributed by atoms with Gasteiger partial charge in [0.2, 0.25) is 0 Å². The summed E-state index contributed by atoms with van der Waals surface area (Å²) in [7, 11) is 0. The summed E-state index contributed by atoms with van der Waals surface area (Å²) in [6.07, 6.45) is 0.841. The van der Waals surface area contributed by atoms with Crippen molar-refractivity contribution in [1.82, 2.24) is 0 Å². The molecule has 0 N–H and O–H groups in total. The topological polar surface area (TPSA) is 9.23 Å². The zero-order chi connectivity index (χ0) is 8.04. The molecule has 0 amide bonds. The van der Waals surface area contributed by atoms with Gasteiger partial charge in [0.15, 0.2) is 0 Å². The highest BCUT2D eigenvalue weighted by atomic mass is 16.5. The Labute approximate surface area is 63.8 Å². The number of rotatable bonds is 2. The van der Waals surface area contributed by atoms with Gasteiger partial charge in [0.25, 0.3) is 0 Å². The number of ether oxygens (including phenoxy) is 1. The second-order valence-electron chi connectivity index (χ2n) is 3.14. The Balaban J connectivity index is 3.26. The molecule has 0 bridgehead atoms. The third-order valence-electron chi connectivity index (χ3n) is 0.939. The molecule has 0 spiro atoms. The standard InChI is InChI=1S/C9H16O/c1-5-6-7-8-10-9(2,3)4/h7-8H2,1-4H3. The summed E-state index contributed by atoms with van der Waals surface area (Å²) in [5.41, 5.74) is -0.0184. The predicted molar refractivity (Wildman–Crippen MR) is 43.8 cm³/mol. The monoisotopic (exact) mass is 140 g/mol. The van der Waals surface area contributed by atoms with Gasteiger partial charge in [0.05, 0.1) is 12.2 Å². The molecule has 0 radical (unpaired) electrons. The lowest BCUT2D eigenvalue weighted by atomic mass is 10.2. The maximum absolute atomic E-state index is 5.43. The summed E-state index contributed by atoms with van der Waals surface area (Å²) >= 11 is 0. The molecule has 0 fully saturated rings. The largest absolute Gasteiger partial charge is 0.375 e. The van der Waals surface area contributed by atoms with Gasteiger partial charge in [-0.25, -0.2) is 0 Å². The van der Waals surface area contributed by atoms with Crippen LogP contribution in [-0.2, 0) is 4.74 Å². The lowest BCUT2D eigenvalue weighted by molar-refractivity contribution is 0.000596. The molecule has 0 aromatic heterocycles. The highest BCUT2D eigenvalue weighted by molar-refractivity contribution is 4.94. The Hall–Kier alpha value is -0.480. The van der Waals surface area contributed by atoms with Gasteiger partial charge in [-0.15, -0.1) is 11.8 Å². The highest BCUT2D eigenvalue weighted by Gasteiger charge is 2.07. The van der Waals surface area contributed by atoms with Crippen molar-refractivity contribution in [2.45, 2.75) is 39.7 Å². The molecule has 0 saturated carbocycles. The van der Waals surface area contributed by atoms with Gasteiger partial charge >= 0.3 is 0 Å². The van der Waals surface area contributed by atoms with Gasteiger partial charge in [0, 0.05) is 6.42 Å². The van der Waals surface area contributed by atoms with Crippen LogP contribution in [0.4, 0.5) is 0 Å². The predicted octanol–water partition coefficient (Wildman–Crippen LogP) is 2.21. The molecule has 0 aliphatic carbocycles. The van der Waals surface area contributed by atoms with E-state index in [1.165, 1.54) is 0 Å². The zero-order valence-corrected chi connectivity index (χ0v) is 7.32. The van der Waals surface area contributed by atoms with Gasteiger partial charge in [-0.05, 0) is 27.7 Å². The molecule has 0 aromatic carbocycles. The zero-order valence-electron chi connectivity index (χ0n) is 7.32. The van der Waals surface area contributed by atoms with Gasteiger partial charge in [0.1, 0.15) is 0 Å². The molecule has 0 rings (SSSR count). The van der Waals surface area contributed by atoms with Gasteiger partial charge in [-0.2, -0.15) is 0 Å². The van der Waals surface area contributed by atoms with Crippen LogP contribution < -0.4 is 0 Å². The van der Waals surface area contributed by atoms with Crippen LogP contribution in [0.15, 0.2) is 0 Å². The second-order valence-corrected chi connectivity index (χ2v) is 3.14. The van der Waals surface area contributed by atoms with E-state index in [-0.39, 0.29) is 5.60 Å². The molecule has 0 aliphatic heterocycles. The Morgan fingerprint density at radius 3 is 2.30 bits per heavy atom. The maximum atomic E-state index is 5.43. The van der Waals surface area contributed by atoms with Crippen molar-refractivity contribution in [2.75, 3.05) is 6.61 Å². The lowest BCUT2D eigenvalue weighted by Crippen LogP contribution is -2.19. The van der Waals surface area contributed by atoms with E-state index >= 15 is 0 Å². The van der Waals surface area contributed by atoms with E-state index in [1.807, 2.05) is 27.7 Å². The van der Waals surface area contributed by atoms with Crippen LogP contribution in [0, 0.1) is 11.8 Å². The molecule has 0 heterocycles. The fourth-order valence-electron chi connectivity index (χ4n) is 0.533. The van der Waals surface area contributed by atoms with Crippen molar-refractivity contribution in [1.29, 1.82) is 0 Å². The van der Waals surface area contributed by atoms with E-state index in [0.29, 0.717) is 0 Å². The summed E-state index contributed by atoms with van der Waals surface area (Å²) in [5, 5.41) is 0. The van der Waals surface area contributed by atoms with E-state index in [4.69, 9.17) is 4.74 Å². The minimum absolute atomic E-state index is 0.0184. The molecule has 1 heteroatoms. The normalized spacial score (nSPS) is 10.4. The molecular formula is C9H16O. The molecule has 10 heavy (non-hydrogen) atoms. The van der Waals surface area contributed by atoms with Crippen LogP contribution in [0.2, 0.25) is 0 Å². The third kappa shape index (κ3) is 7.52. The SMILES string of the molecule is CC#CCCOC(C)(C)C. The van der Waals surface area contributed by atoms with Crippen LogP contribution in [-0.4, -0.2) is 12.2 Å². The smallest absolute Gasteiger partial charge is 0.0598 e. The van der Waals surface area contributed by atoms with Crippen molar-refractivity contribution in [3.8, 4) is 11.8 Å². The first-order valence-electron chi connectivity index (χ1n) is 3.60. The van der Waals surface area contributed by atoms with Crippen LogP contribution in [0.5, 0.6) is 0 Å². The van der Waals surface area contributed by atoms with Crippen molar-refractivity contribution in [2.24, 2.45) is 0 Å². The van der Waals surface area contributed by atoms with E-state index in [2.05, 4.69) is 11.8 Å². The number of hydrogen-bond acceptors (Lipinski definition) is 1. The number of hydrogen-bond donors (Lipinski definition) is 0. The molecule has 58 valence electrons. The minimum atomic E-state index is -0.0184. The van der Waals surface area contributed by atoms with Crippen molar-refractivity contribution < 1.29 is 4.74 Å². The minimum Gasteiger partial charge on any atom is -0.375 e. The van der Waals surface area contributed by atoms with E-state index in [0.717, 1.165) is 13.0 Å². The summed E-state index contributed by atoms with van der Waals surface area (Å²) in [6, 6.07) is 0. The summed E-state index contributed by atoms with van der Waals surface area (Å²) in [6.45, 7) is 8.73. The lowest BCUT2D eigenvalue weighted by Gasteiger charge is -2.18. The van der Waals surface area contributed by atoms with Crippen LogP contribution in [0.25, 0.3) is 0 Å². The van der Waals surface area contributed by atoms with E-state index in [1.54, 1.807) is 0 Å². The van der Waals surface area contributed by atoms with E-state index in [9.17, 15) is 0 Å².